The van der Waals surface area contributed by atoms with E-state index >= 15 is 0 Å². The molecule has 2 rings (SSSR count). The van der Waals surface area contributed by atoms with E-state index in [0.717, 1.165) is 6.54 Å². The Morgan fingerprint density at radius 1 is 1.29 bits per heavy atom. The molecule has 0 aliphatic carbocycles. The maximum atomic E-state index is 4.23. The zero-order chi connectivity index (χ0) is 12.3. The average Bonchev–Trinajstić information content (AvgIpc) is 2.73. The molecular formula is C14H19N3. The summed E-state index contributed by atoms with van der Waals surface area (Å²) in [4.78, 5) is 0. The number of nitrogens with one attached hydrogen (secondary N) is 1. The highest BCUT2D eigenvalue weighted by Gasteiger charge is 2.06. The van der Waals surface area contributed by atoms with Gasteiger partial charge in [-0.1, -0.05) is 38.1 Å². The molecule has 0 fully saturated rings. The van der Waals surface area contributed by atoms with E-state index in [-0.39, 0.29) is 0 Å². The van der Waals surface area contributed by atoms with Crippen molar-refractivity contribution in [2.75, 3.05) is 0 Å². The third-order valence-electron chi connectivity index (χ3n) is 2.73. The van der Waals surface area contributed by atoms with E-state index in [4.69, 9.17) is 0 Å². The molecule has 0 radical (unpaired) electrons. The predicted molar refractivity (Wildman–Crippen MR) is 70.6 cm³/mol. The van der Waals surface area contributed by atoms with E-state index < -0.39 is 0 Å². The fourth-order valence-electron chi connectivity index (χ4n) is 1.83. The van der Waals surface area contributed by atoms with Crippen molar-refractivity contribution < 1.29 is 0 Å². The maximum absolute atomic E-state index is 4.23. The van der Waals surface area contributed by atoms with Crippen molar-refractivity contribution in [3.63, 3.8) is 0 Å². The van der Waals surface area contributed by atoms with Gasteiger partial charge in [-0.25, -0.2) is 0 Å². The molecule has 0 atom stereocenters. The summed E-state index contributed by atoms with van der Waals surface area (Å²) in [5, 5.41) is 7.68. The van der Waals surface area contributed by atoms with Gasteiger partial charge in [-0.3, -0.25) is 4.68 Å². The number of hydrogen-bond acceptors (Lipinski definition) is 2. The summed E-state index contributed by atoms with van der Waals surface area (Å²) in [7, 11) is 1.94. The Morgan fingerprint density at radius 3 is 2.71 bits per heavy atom. The average molecular weight is 229 g/mol. The van der Waals surface area contributed by atoms with Crippen LogP contribution >= 0.6 is 0 Å². The lowest BCUT2D eigenvalue weighted by Gasteiger charge is -2.11. The van der Waals surface area contributed by atoms with Gasteiger partial charge in [-0.15, -0.1) is 0 Å². The van der Waals surface area contributed by atoms with Gasteiger partial charge in [0.25, 0.3) is 0 Å². The molecule has 90 valence electrons. The van der Waals surface area contributed by atoms with Gasteiger partial charge in [0.15, 0.2) is 0 Å². The van der Waals surface area contributed by atoms with E-state index in [9.17, 15) is 0 Å². The minimum atomic E-state index is 0.497. The van der Waals surface area contributed by atoms with Crippen molar-refractivity contribution in [3.05, 3.63) is 42.2 Å². The molecule has 0 aliphatic heterocycles. The number of rotatable bonds is 4. The van der Waals surface area contributed by atoms with Gasteiger partial charge in [0.05, 0.1) is 6.20 Å². The molecule has 0 saturated carbocycles. The number of aromatic nitrogens is 2. The SMILES string of the molecule is CC(C)NCc1ccccc1-c1cnn(C)c1. The summed E-state index contributed by atoms with van der Waals surface area (Å²) in [5.41, 5.74) is 3.75. The van der Waals surface area contributed by atoms with E-state index in [1.54, 1.807) is 0 Å². The molecular weight excluding hydrogens is 210 g/mol. The van der Waals surface area contributed by atoms with Crippen LogP contribution in [0.5, 0.6) is 0 Å². The van der Waals surface area contributed by atoms with Gasteiger partial charge >= 0.3 is 0 Å². The number of benzene rings is 1. The number of aryl methyl sites for hydroxylation is 1. The number of hydrogen-bond donors (Lipinski definition) is 1. The van der Waals surface area contributed by atoms with Crippen LogP contribution in [-0.2, 0) is 13.6 Å². The van der Waals surface area contributed by atoms with Gasteiger partial charge in [-0.2, -0.15) is 5.10 Å². The van der Waals surface area contributed by atoms with Crippen LogP contribution < -0.4 is 5.32 Å². The highest BCUT2D eigenvalue weighted by Crippen LogP contribution is 2.22. The second kappa shape index (κ2) is 5.15. The smallest absolute Gasteiger partial charge is 0.0568 e. The fourth-order valence-corrected chi connectivity index (χ4v) is 1.83. The van der Waals surface area contributed by atoms with Crippen LogP contribution in [0.3, 0.4) is 0 Å². The first kappa shape index (κ1) is 11.9. The standard InChI is InChI=1S/C14H19N3/c1-11(2)15-8-12-6-4-5-7-14(12)13-9-16-17(3)10-13/h4-7,9-11,15H,8H2,1-3H3. The van der Waals surface area contributed by atoms with Crippen molar-refractivity contribution >= 4 is 0 Å². The highest BCUT2D eigenvalue weighted by atomic mass is 15.2. The quantitative estimate of drug-likeness (QED) is 0.873. The zero-order valence-corrected chi connectivity index (χ0v) is 10.6. The Morgan fingerprint density at radius 2 is 2.06 bits per heavy atom. The molecule has 1 heterocycles. The minimum absolute atomic E-state index is 0.497. The van der Waals surface area contributed by atoms with Gasteiger partial charge in [-0.05, 0) is 11.1 Å². The summed E-state index contributed by atoms with van der Waals surface area (Å²) in [6.07, 6.45) is 3.96. The second-order valence-electron chi connectivity index (χ2n) is 4.60. The van der Waals surface area contributed by atoms with Crippen molar-refractivity contribution in [3.8, 4) is 11.1 Å². The topological polar surface area (TPSA) is 29.9 Å². The summed E-state index contributed by atoms with van der Waals surface area (Å²) >= 11 is 0. The molecule has 0 aliphatic rings. The van der Waals surface area contributed by atoms with Crippen molar-refractivity contribution in [1.29, 1.82) is 0 Å². The Labute approximate surface area is 102 Å². The molecule has 2 aromatic rings. The van der Waals surface area contributed by atoms with E-state index in [2.05, 4.69) is 48.5 Å². The lowest BCUT2D eigenvalue weighted by molar-refractivity contribution is 0.589. The minimum Gasteiger partial charge on any atom is -0.310 e. The first-order chi connectivity index (χ1) is 8.16. The molecule has 1 aromatic carbocycles. The van der Waals surface area contributed by atoms with Crippen molar-refractivity contribution in [2.24, 2.45) is 7.05 Å². The van der Waals surface area contributed by atoms with Crippen LogP contribution in [0.4, 0.5) is 0 Å². The van der Waals surface area contributed by atoms with E-state index in [1.165, 1.54) is 16.7 Å². The normalized spacial score (nSPS) is 11.1. The molecule has 1 N–H and O–H groups in total. The van der Waals surface area contributed by atoms with Crippen LogP contribution in [-0.4, -0.2) is 15.8 Å². The third kappa shape index (κ3) is 2.94. The predicted octanol–water partition coefficient (Wildman–Crippen LogP) is 2.59. The van der Waals surface area contributed by atoms with Crippen LogP contribution in [0.25, 0.3) is 11.1 Å². The molecule has 3 heteroatoms. The molecule has 0 unspecified atom stereocenters. The molecule has 3 nitrogen and oxygen atoms in total. The van der Waals surface area contributed by atoms with E-state index in [0.29, 0.717) is 6.04 Å². The van der Waals surface area contributed by atoms with Crippen LogP contribution in [0.2, 0.25) is 0 Å². The van der Waals surface area contributed by atoms with Gasteiger partial charge in [0.1, 0.15) is 0 Å². The monoisotopic (exact) mass is 229 g/mol. The second-order valence-corrected chi connectivity index (χ2v) is 4.60. The molecule has 17 heavy (non-hydrogen) atoms. The van der Waals surface area contributed by atoms with Crippen LogP contribution in [0, 0.1) is 0 Å². The summed E-state index contributed by atoms with van der Waals surface area (Å²) in [6, 6.07) is 8.96. The first-order valence-corrected chi connectivity index (χ1v) is 5.97. The first-order valence-electron chi connectivity index (χ1n) is 5.97. The van der Waals surface area contributed by atoms with Crippen molar-refractivity contribution in [1.82, 2.24) is 15.1 Å². The Balaban J connectivity index is 2.27. The molecule has 0 spiro atoms. The zero-order valence-electron chi connectivity index (χ0n) is 10.6. The maximum Gasteiger partial charge on any atom is 0.0568 e. The van der Waals surface area contributed by atoms with Crippen LogP contribution in [0.1, 0.15) is 19.4 Å². The lowest BCUT2D eigenvalue weighted by atomic mass is 10.0. The Kier molecular flexibility index (Phi) is 3.59. The largest absolute Gasteiger partial charge is 0.310 e. The molecule has 0 bridgehead atoms. The molecule has 1 aromatic heterocycles. The van der Waals surface area contributed by atoms with E-state index in [1.807, 2.05) is 24.1 Å². The highest BCUT2D eigenvalue weighted by molar-refractivity contribution is 5.65. The van der Waals surface area contributed by atoms with Crippen LogP contribution in [0.15, 0.2) is 36.7 Å². The Bertz CT molecular complexity index is 486. The summed E-state index contributed by atoms with van der Waals surface area (Å²) in [5.74, 6) is 0. The molecule has 0 amide bonds. The lowest BCUT2D eigenvalue weighted by Crippen LogP contribution is -2.22. The number of nitrogens with zero attached hydrogens (tertiary/aromatic N) is 2. The fraction of sp³-hybridized carbons (Fsp3) is 0.357. The van der Waals surface area contributed by atoms with Crippen molar-refractivity contribution in [2.45, 2.75) is 26.4 Å². The van der Waals surface area contributed by atoms with Gasteiger partial charge < -0.3 is 5.32 Å². The summed E-state index contributed by atoms with van der Waals surface area (Å²) in [6.45, 7) is 5.21. The van der Waals surface area contributed by atoms with Gasteiger partial charge in [0.2, 0.25) is 0 Å². The van der Waals surface area contributed by atoms with Gasteiger partial charge in [0, 0.05) is 31.4 Å². The molecule has 0 saturated heterocycles. The Hall–Kier alpha value is -1.61. The summed E-state index contributed by atoms with van der Waals surface area (Å²) < 4.78 is 1.84. The third-order valence-corrected chi connectivity index (χ3v) is 2.73.